The van der Waals surface area contributed by atoms with Crippen LogP contribution in [0.5, 0.6) is 5.75 Å². The lowest BCUT2D eigenvalue weighted by atomic mass is 10.1. The smallest absolute Gasteiger partial charge is 0.333 e. The van der Waals surface area contributed by atoms with E-state index in [1.54, 1.807) is 7.05 Å². The number of carbonyl (C=O) groups is 2. The fraction of sp³-hybridized carbons (Fsp3) is 0.200. The Hall–Kier alpha value is -3.51. The Kier molecular flexibility index (Phi) is 8.18. The minimum absolute atomic E-state index is 0.0284. The molecule has 0 atom stereocenters. The molecule has 180 valence electrons. The fourth-order valence-corrected chi connectivity index (χ4v) is 3.29. The summed E-state index contributed by atoms with van der Waals surface area (Å²) in [5, 5.41) is 6.32. The van der Waals surface area contributed by atoms with E-state index in [0.717, 1.165) is 6.07 Å². The van der Waals surface area contributed by atoms with Crippen LogP contribution in [0.25, 0.3) is 11.1 Å². The van der Waals surface area contributed by atoms with Crippen molar-refractivity contribution in [3.05, 3.63) is 63.9 Å². The lowest BCUT2D eigenvalue weighted by Gasteiger charge is -2.14. The Morgan fingerprint density at radius 3 is 2.59 bits per heavy atom. The van der Waals surface area contributed by atoms with Gasteiger partial charge < -0.3 is 10.1 Å². The number of amides is 3. The Morgan fingerprint density at radius 2 is 1.94 bits per heavy atom. The van der Waals surface area contributed by atoms with Gasteiger partial charge in [-0.05, 0) is 18.2 Å². The molecule has 14 heteroatoms. The average molecular weight is 517 g/mol. The number of hydrazine groups is 1. The van der Waals surface area contributed by atoms with Gasteiger partial charge in [0.15, 0.2) is 0 Å². The van der Waals surface area contributed by atoms with Crippen molar-refractivity contribution in [1.29, 1.82) is 0 Å². The summed E-state index contributed by atoms with van der Waals surface area (Å²) in [7, 11) is 1.63. The molecule has 3 rings (SSSR count). The summed E-state index contributed by atoms with van der Waals surface area (Å²) in [6.45, 7) is -1.23. The number of halogens is 5. The third-order valence-corrected chi connectivity index (χ3v) is 4.76. The summed E-state index contributed by atoms with van der Waals surface area (Å²) in [5.74, 6) is -1.49. The van der Waals surface area contributed by atoms with Gasteiger partial charge in [-0.1, -0.05) is 23.2 Å². The fourth-order valence-electron chi connectivity index (χ4n) is 2.74. The molecule has 0 radical (unpaired) electrons. The second kappa shape index (κ2) is 11.1. The number of aromatic nitrogens is 3. The summed E-state index contributed by atoms with van der Waals surface area (Å²) < 4.78 is 46.3. The average Bonchev–Trinajstić information content (AvgIpc) is 3.21. The monoisotopic (exact) mass is 516 g/mol. The largest absolute Gasteiger partial charge is 0.485 e. The van der Waals surface area contributed by atoms with Crippen LogP contribution in [0.3, 0.4) is 0 Å². The van der Waals surface area contributed by atoms with E-state index < -0.39 is 30.8 Å². The normalized spacial score (nSPS) is 10.8. The van der Waals surface area contributed by atoms with E-state index in [9.17, 15) is 22.8 Å². The van der Waals surface area contributed by atoms with Gasteiger partial charge in [0.1, 0.15) is 18.2 Å². The number of nitrogens with one attached hydrogen (secondary N) is 3. The van der Waals surface area contributed by atoms with Crippen LogP contribution in [0.1, 0.15) is 16.1 Å². The molecule has 0 saturated heterocycles. The lowest BCUT2D eigenvalue weighted by molar-refractivity contribution is 0.0822. The van der Waals surface area contributed by atoms with Gasteiger partial charge in [0, 0.05) is 35.6 Å². The van der Waals surface area contributed by atoms with Crippen LogP contribution in [0.2, 0.25) is 10.0 Å². The molecule has 3 N–H and O–H groups in total. The zero-order valence-corrected chi connectivity index (χ0v) is 18.9. The molecule has 0 aliphatic rings. The molecule has 0 bridgehead atoms. The molecule has 0 fully saturated rings. The molecule has 0 saturated carbocycles. The lowest BCUT2D eigenvalue weighted by Crippen LogP contribution is -2.46. The summed E-state index contributed by atoms with van der Waals surface area (Å²) in [5.41, 5.74) is 4.72. The van der Waals surface area contributed by atoms with Gasteiger partial charge >= 0.3 is 6.03 Å². The standard InChI is InChI=1S/C20H17Cl2F3N6O3/c1-31-8-11(6-28-31)19(32)29-30-20(33)27-7-16-15(23)2-10(5-26-16)13-3-12(21)4-14(22)18(13)34-9-17(24)25/h2-6,8,17H,7,9H2,1H3,(H,29,32)(H2,27,30,33). The zero-order chi connectivity index (χ0) is 24.8. The van der Waals surface area contributed by atoms with Gasteiger partial charge in [0.05, 0.1) is 29.0 Å². The molecule has 3 aromatic rings. The van der Waals surface area contributed by atoms with E-state index in [0.29, 0.717) is 0 Å². The molecule has 0 aliphatic heterocycles. The van der Waals surface area contributed by atoms with Gasteiger partial charge in [-0.25, -0.2) is 23.4 Å². The van der Waals surface area contributed by atoms with E-state index >= 15 is 0 Å². The molecular formula is C20H17Cl2F3N6O3. The first-order chi connectivity index (χ1) is 16.1. The van der Waals surface area contributed by atoms with E-state index in [4.69, 9.17) is 27.9 Å². The third-order valence-electron chi connectivity index (χ3n) is 4.26. The third kappa shape index (κ3) is 6.51. The van der Waals surface area contributed by atoms with Crippen LogP contribution in [-0.2, 0) is 13.6 Å². The first-order valence-corrected chi connectivity index (χ1v) is 10.3. The highest BCUT2D eigenvalue weighted by molar-refractivity contribution is 6.36. The van der Waals surface area contributed by atoms with E-state index in [2.05, 4.69) is 26.3 Å². The minimum Gasteiger partial charge on any atom is -0.485 e. The number of hydrogen-bond donors (Lipinski definition) is 3. The molecule has 0 unspecified atom stereocenters. The first-order valence-electron chi connectivity index (χ1n) is 9.51. The quantitative estimate of drug-likeness (QED) is 0.414. The minimum atomic E-state index is -2.75. The maximum absolute atomic E-state index is 14.6. The Bertz CT molecular complexity index is 1210. The van der Waals surface area contributed by atoms with E-state index in [1.165, 1.54) is 35.4 Å². The Balaban J connectivity index is 1.65. The van der Waals surface area contributed by atoms with Gasteiger partial charge in [-0.2, -0.15) is 5.10 Å². The number of benzene rings is 1. The maximum atomic E-state index is 14.6. The first kappa shape index (κ1) is 25.1. The van der Waals surface area contributed by atoms with Crippen molar-refractivity contribution in [1.82, 2.24) is 30.9 Å². The second-order valence-corrected chi connectivity index (χ2v) is 7.63. The predicted molar refractivity (Wildman–Crippen MR) is 117 cm³/mol. The Morgan fingerprint density at radius 1 is 1.18 bits per heavy atom. The molecule has 2 aromatic heterocycles. The molecule has 3 amide bonds. The summed E-state index contributed by atoms with van der Waals surface area (Å²) in [4.78, 5) is 27.7. The van der Waals surface area contributed by atoms with Crippen molar-refractivity contribution < 1.29 is 27.5 Å². The number of ether oxygens (including phenoxy) is 1. The second-order valence-electron chi connectivity index (χ2n) is 6.78. The topological polar surface area (TPSA) is 110 Å². The molecular weight excluding hydrogens is 500 g/mol. The SMILES string of the molecule is Cn1cc(C(=O)NNC(=O)NCc2ncc(-c3cc(Cl)cc(Cl)c3OCC(F)F)cc2F)cn1. The Labute approximate surface area is 201 Å². The molecule has 0 aliphatic carbocycles. The highest BCUT2D eigenvalue weighted by Gasteiger charge is 2.17. The van der Waals surface area contributed by atoms with Crippen molar-refractivity contribution in [3.8, 4) is 16.9 Å². The number of carbonyl (C=O) groups excluding carboxylic acids is 2. The number of pyridine rings is 1. The van der Waals surface area contributed by atoms with Crippen LogP contribution in [0, 0.1) is 5.82 Å². The number of aryl methyl sites for hydroxylation is 1. The van der Waals surface area contributed by atoms with E-state index in [1.807, 2.05) is 0 Å². The van der Waals surface area contributed by atoms with Crippen LogP contribution in [-0.4, -0.2) is 39.7 Å². The molecule has 1 aromatic carbocycles. The number of nitrogens with zero attached hydrogens (tertiary/aromatic N) is 3. The number of alkyl halides is 2. The molecule has 9 nitrogen and oxygen atoms in total. The molecule has 34 heavy (non-hydrogen) atoms. The van der Waals surface area contributed by atoms with Crippen molar-refractivity contribution in [2.24, 2.45) is 7.05 Å². The highest BCUT2D eigenvalue weighted by atomic mass is 35.5. The van der Waals surface area contributed by atoms with Crippen molar-refractivity contribution in [3.63, 3.8) is 0 Å². The molecule has 2 heterocycles. The maximum Gasteiger partial charge on any atom is 0.333 e. The summed E-state index contributed by atoms with van der Waals surface area (Å²) in [6, 6.07) is 2.94. The number of urea groups is 1. The molecule has 0 spiro atoms. The zero-order valence-electron chi connectivity index (χ0n) is 17.4. The van der Waals surface area contributed by atoms with E-state index in [-0.39, 0.29) is 44.7 Å². The van der Waals surface area contributed by atoms with Gasteiger partial charge in [0.2, 0.25) is 0 Å². The summed E-state index contributed by atoms with van der Waals surface area (Å²) >= 11 is 12.0. The highest BCUT2D eigenvalue weighted by Crippen LogP contribution is 2.39. The summed E-state index contributed by atoms with van der Waals surface area (Å²) in [6.07, 6.45) is 1.27. The van der Waals surface area contributed by atoms with Crippen LogP contribution in [0.15, 0.2) is 36.8 Å². The van der Waals surface area contributed by atoms with Gasteiger partial charge in [-0.15, -0.1) is 0 Å². The van der Waals surface area contributed by atoms with Crippen LogP contribution < -0.4 is 20.9 Å². The predicted octanol–water partition coefficient (Wildman–Crippen LogP) is 3.72. The van der Waals surface area contributed by atoms with Crippen molar-refractivity contribution in [2.75, 3.05) is 6.61 Å². The van der Waals surface area contributed by atoms with Crippen molar-refractivity contribution >= 4 is 35.1 Å². The van der Waals surface area contributed by atoms with Gasteiger partial charge in [-0.3, -0.25) is 19.9 Å². The number of rotatable bonds is 7. The van der Waals surface area contributed by atoms with Crippen molar-refractivity contribution in [2.45, 2.75) is 13.0 Å². The van der Waals surface area contributed by atoms with Gasteiger partial charge in [0.25, 0.3) is 12.3 Å². The number of hydrogen-bond acceptors (Lipinski definition) is 5. The van der Waals surface area contributed by atoms with Crippen LogP contribution >= 0.6 is 23.2 Å². The van der Waals surface area contributed by atoms with Crippen LogP contribution in [0.4, 0.5) is 18.0 Å².